The van der Waals surface area contributed by atoms with Gasteiger partial charge in [-0.25, -0.2) is 4.98 Å². The average molecular weight is 379 g/mol. The molecule has 1 fully saturated rings. The predicted molar refractivity (Wildman–Crippen MR) is 102 cm³/mol. The van der Waals surface area contributed by atoms with Crippen molar-refractivity contribution in [3.05, 3.63) is 24.4 Å². The normalized spacial score (nSPS) is 23.6. The Hall–Kier alpha value is -1.73. The van der Waals surface area contributed by atoms with E-state index in [0.717, 1.165) is 0 Å². The maximum Gasteiger partial charge on any atom is 0.317 e. The zero-order chi connectivity index (χ0) is 19.7. The molecule has 0 aliphatic carbocycles. The lowest BCUT2D eigenvalue weighted by molar-refractivity contribution is -0.166. The number of nitrogens with zero attached hydrogens (tertiary/aromatic N) is 1. The van der Waals surface area contributed by atoms with E-state index in [1.165, 1.54) is 0 Å². The number of pyridine rings is 1. The number of nitrogens with one attached hydrogen (secondary N) is 1. The molecule has 0 bridgehead atoms. The highest BCUT2D eigenvalue weighted by Gasteiger charge is 2.59. The van der Waals surface area contributed by atoms with Gasteiger partial charge in [-0.1, -0.05) is 26.8 Å². The predicted octanol–water partition coefficient (Wildman–Crippen LogP) is 2.54. The first kappa shape index (κ1) is 20.6. The number of ether oxygens (including phenoxy) is 1. The summed E-state index contributed by atoms with van der Waals surface area (Å²) >= 11 is 0. The molecule has 0 saturated carbocycles. The third-order valence-electron chi connectivity index (χ3n) is 5.27. The fourth-order valence-electron chi connectivity index (χ4n) is 3.37. The van der Waals surface area contributed by atoms with Crippen LogP contribution in [0.2, 0.25) is 13.1 Å². The Bertz CT molecular complexity index is 659. The van der Waals surface area contributed by atoms with Crippen LogP contribution < -0.4 is 10.1 Å². The number of aromatic nitrogens is 1. The van der Waals surface area contributed by atoms with Gasteiger partial charge in [0, 0.05) is 12.3 Å². The number of rotatable bonds is 6. The van der Waals surface area contributed by atoms with Crippen molar-refractivity contribution in [1.82, 2.24) is 10.3 Å². The summed E-state index contributed by atoms with van der Waals surface area (Å²) in [5.74, 6) is -1.12. The first-order chi connectivity index (χ1) is 12.0. The van der Waals surface area contributed by atoms with Crippen LogP contribution >= 0.6 is 0 Å². The van der Waals surface area contributed by atoms with E-state index in [1.807, 2.05) is 6.92 Å². The highest BCUT2D eigenvalue weighted by molar-refractivity contribution is 6.48. The molecule has 0 aromatic carbocycles. The lowest BCUT2D eigenvalue weighted by atomic mass is 9.62. The number of hydrogen-bond donors (Lipinski definition) is 1. The van der Waals surface area contributed by atoms with E-state index in [9.17, 15) is 9.59 Å². The van der Waals surface area contributed by atoms with E-state index in [-0.39, 0.29) is 23.2 Å². The van der Waals surface area contributed by atoms with Crippen molar-refractivity contribution in [2.75, 3.05) is 0 Å². The molecule has 0 unspecified atom stereocenters. The molecule has 1 aliphatic heterocycles. The van der Waals surface area contributed by atoms with Crippen LogP contribution in [0.5, 0.6) is 5.88 Å². The molecular weight excluding hydrogens is 348 g/mol. The summed E-state index contributed by atoms with van der Waals surface area (Å²) in [5, 5.41) is 2.89. The van der Waals surface area contributed by atoms with Crippen molar-refractivity contribution >= 4 is 20.9 Å². The van der Waals surface area contributed by atoms with Crippen LogP contribution in [0, 0.1) is 17.3 Å². The molecular formula is C19H30N2O4Si. The van der Waals surface area contributed by atoms with Crippen molar-refractivity contribution in [3.8, 4) is 5.88 Å². The summed E-state index contributed by atoms with van der Waals surface area (Å²) in [7, 11) is -1.40. The Kier molecular flexibility index (Phi) is 5.92. The number of carbonyl (C=O) groups is 2. The highest BCUT2D eigenvalue weighted by Crippen LogP contribution is 2.46. The minimum atomic E-state index is -1.40. The van der Waals surface area contributed by atoms with E-state index in [2.05, 4.69) is 44.2 Å². The molecule has 0 spiro atoms. The van der Waals surface area contributed by atoms with Crippen LogP contribution in [0.15, 0.2) is 24.4 Å². The Morgan fingerprint density at radius 2 is 1.92 bits per heavy atom. The summed E-state index contributed by atoms with van der Waals surface area (Å²) in [6.45, 7) is 14.2. The first-order valence-corrected chi connectivity index (χ1v) is 11.9. The topological polar surface area (TPSA) is 77.5 Å². The molecule has 2 rings (SSSR count). The molecule has 1 aliphatic rings. The van der Waals surface area contributed by atoms with Crippen LogP contribution in [0.25, 0.3) is 0 Å². The molecule has 6 nitrogen and oxygen atoms in total. The van der Waals surface area contributed by atoms with E-state index < -0.39 is 32.4 Å². The van der Waals surface area contributed by atoms with Gasteiger partial charge in [0.05, 0.1) is 23.5 Å². The van der Waals surface area contributed by atoms with Crippen LogP contribution in [0.1, 0.15) is 34.6 Å². The maximum atomic E-state index is 12.6. The molecule has 0 radical (unpaired) electrons. The molecule has 144 valence electrons. The summed E-state index contributed by atoms with van der Waals surface area (Å²) in [5.41, 5.74) is -0.907. The lowest BCUT2D eigenvalue weighted by Crippen LogP contribution is -2.72. The Labute approximate surface area is 157 Å². The van der Waals surface area contributed by atoms with Crippen molar-refractivity contribution in [3.63, 3.8) is 0 Å². The maximum absolute atomic E-state index is 12.6. The van der Waals surface area contributed by atoms with Gasteiger partial charge in [0.15, 0.2) is 9.04 Å². The zero-order valence-corrected chi connectivity index (χ0v) is 17.9. The van der Waals surface area contributed by atoms with Gasteiger partial charge in [-0.05, 0) is 38.4 Å². The van der Waals surface area contributed by atoms with E-state index in [1.54, 1.807) is 31.3 Å². The van der Waals surface area contributed by atoms with Crippen molar-refractivity contribution in [2.24, 2.45) is 17.3 Å². The minimum Gasteiger partial charge on any atom is -0.414 e. The largest absolute Gasteiger partial charge is 0.414 e. The number of β-lactam (4-membered cyclic amide) rings is 1. The number of hydrogen-bond acceptors (Lipinski definition) is 5. The van der Waals surface area contributed by atoms with E-state index in [4.69, 9.17) is 9.16 Å². The van der Waals surface area contributed by atoms with Gasteiger partial charge in [0.1, 0.15) is 0 Å². The second-order valence-corrected chi connectivity index (χ2v) is 10.7. The molecule has 1 aromatic heterocycles. The SMILES string of the molecule is C[C@@H](C(=O)Oc1ccccn1)[C@H]1NC(=O)[C@@H]1[C@@](C)(O[SiH](C)C)C(C)(C)C. The molecule has 7 heteroatoms. The van der Waals surface area contributed by atoms with Crippen molar-refractivity contribution in [1.29, 1.82) is 0 Å². The van der Waals surface area contributed by atoms with Crippen molar-refractivity contribution < 1.29 is 18.8 Å². The quantitative estimate of drug-likeness (QED) is 0.468. The Morgan fingerprint density at radius 3 is 2.38 bits per heavy atom. The summed E-state index contributed by atoms with van der Waals surface area (Å²) < 4.78 is 11.7. The van der Waals surface area contributed by atoms with Gasteiger partial charge < -0.3 is 14.5 Å². The van der Waals surface area contributed by atoms with E-state index >= 15 is 0 Å². The van der Waals surface area contributed by atoms with Crippen molar-refractivity contribution in [2.45, 2.75) is 59.4 Å². The van der Waals surface area contributed by atoms with Crippen LogP contribution in [0.4, 0.5) is 0 Å². The van der Waals surface area contributed by atoms with Gasteiger partial charge in [-0.2, -0.15) is 0 Å². The van der Waals surface area contributed by atoms with Crippen LogP contribution in [-0.4, -0.2) is 37.5 Å². The zero-order valence-electron chi connectivity index (χ0n) is 16.7. The number of amides is 1. The highest BCUT2D eigenvalue weighted by atomic mass is 28.3. The number of carbonyl (C=O) groups excluding carboxylic acids is 2. The summed E-state index contributed by atoms with van der Waals surface area (Å²) in [4.78, 5) is 29.0. The second-order valence-electron chi connectivity index (χ2n) is 8.41. The Morgan fingerprint density at radius 1 is 1.27 bits per heavy atom. The molecule has 26 heavy (non-hydrogen) atoms. The molecule has 1 N–H and O–H groups in total. The third kappa shape index (κ3) is 3.99. The fraction of sp³-hybridized carbons (Fsp3) is 0.632. The summed E-state index contributed by atoms with van der Waals surface area (Å²) in [6.07, 6.45) is 1.57. The molecule has 4 atom stereocenters. The molecule has 1 saturated heterocycles. The van der Waals surface area contributed by atoms with Gasteiger partial charge in [-0.15, -0.1) is 0 Å². The monoisotopic (exact) mass is 378 g/mol. The second kappa shape index (κ2) is 7.48. The standard InChI is InChI=1S/C19H30N2O4Si/c1-12(17(23)24-13-10-8-9-11-20-13)15-14(16(22)21-15)19(5,18(2,3)4)25-26(6)7/h8-12,14-15,26H,1-7H3,(H,21,22)/t12-,14-,15-,19-/m1/s1. The first-order valence-electron chi connectivity index (χ1n) is 9.08. The van der Waals surface area contributed by atoms with Gasteiger partial charge in [-0.3, -0.25) is 9.59 Å². The average Bonchev–Trinajstić information content (AvgIpc) is 2.50. The van der Waals surface area contributed by atoms with Crippen LogP contribution in [0.3, 0.4) is 0 Å². The van der Waals surface area contributed by atoms with Gasteiger partial charge >= 0.3 is 5.97 Å². The molecule has 1 amide bonds. The Balaban J connectivity index is 2.21. The fourth-order valence-corrected chi connectivity index (χ4v) is 4.85. The van der Waals surface area contributed by atoms with E-state index in [0.29, 0.717) is 0 Å². The van der Waals surface area contributed by atoms with Gasteiger partial charge in [0.2, 0.25) is 11.8 Å². The molecule has 1 aromatic rings. The van der Waals surface area contributed by atoms with Gasteiger partial charge in [0.25, 0.3) is 0 Å². The molecule has 2 heterocycles. The minimum absolute atomic E-state index is 0.0699. The van der Waals surface area contributed by atoms with Crippen LogP contribution in [-0.2, 0) is 14.0 Å². The lowest BCUT2D eigenvalue weighted by Gasteiger charge is -2.55. The smallest absolute Gasteiger partial charge is 0.317 e. The third-order valence-corrected chi connectivity index (χ3v) is 6.23. The number of esters is 1. The summed E-state index contributed by atoms with van der Waals surface area (Å²) in [6, 6.07) is 4.82.